The number of aromatic nitrogens is 2. The van der Waals surface area contributed by atoms with Crippen LogP contribution in [0.3, 0.4) is 0 Å². The summed E-state index contributed by atoms with van der Waals surface area (Å²) in [6.45, 7) is 8.19. The predicted molar refractivity (Wildman–Crippen MR) is 85.9 cm³/mol. The van der Waals surface area contributed by atoms with Crippen LogP contribution in [0.5, 0.6) is 0 Å². The Morgan fingerprint density at radius 3 is 2.95 bits per heavy atom. The van der Waals surface area contributed by atoms with Gasteiger partial charge in [0.2, 0.25) is 5.91 Å². The first kappa shape index (κ1) is 14.3. The molecule has 112 valence electrons. The molecular formula is C15H20N4OS. The van der Waals surface area contributed by atoms with Gasteiger partial charge in [0.05, 0.1) is 11.9 Å². The molecule has 0 atom stereocenters. The van der Waals surface area contributed by atoms with Gasteiger partial charge in [0.15, 0.2) is 0 Å². The van der Waals surface area contributed by atoms with Crippen molar-refractivity contribution in [2.75, 3.05) is 24.5 Å². The summed E-state index contributed by atoms with van der Waals surface area (Å²) in [7, 11) is 0. The average Bonchev–Trinajstić information content (AvgIpc) is 2.80. The van der Waals surface area contributed by atoms with Crippen molar-refractivity contribution in [3.05, 3.63) is 16.8 Å². The van der Waals surface area contributed by atoms with E-state index in [0.29, 0.717) is 19.0 Å². The molecule has 0 radical (unpaired) electrons. The van der Waals surface area contributed by atoms with Crippen LogP contribution in [-0.4, -0.2) is 35.5 Å². The van der Waals surface area contributed by atoms with E-state index >= 15 is 0 Å². The third-order valence-corrected chi connectivity index (χ3v) is 4.49. The van der Waals surface area contributed by atoms with Crippen molar-refractivity contribution >= 4 is 33.3 Å². The topological polar surface area (TPSA) is 58.1 Å². The minimum absolute atomic E-state index is 0.0614. The molecule has 3 heterocycles. The zero-order valence-electron chi connectivity index (χ0n) is 12.6. The van der Waals surface area contributed by atoms with Gasteiger partial charge in [-0.25, -0.2) is 9.97 Å². The third kappa shape index (κ3) is 2.85. The monoisotopic (exact) mass is 304 g/mol. The number of nitrogens with one attached hydrogen (secondary N) is 1. The molecule has 1 saturated heterocycles. The fraction of sp³-hybridized carbons (Fsp3) is 0.533. The quantitative estimate of drug-likeness (QED) is 0.944. The van der Waals surface area contributed by atoms with Gasteiger partial charge in [-0.05, 0) is 30.2 Å². The van der Waals surface area contributed by atoms with Gasteiger partial charge >= 0.3 is 0 Å². The maximum Gasteiger partial charge on any atom is 0.239 e. The van der Waals surface area contributed by atoms with E-state index in [4.69, 9.17) is 0 Å². The number of piperazine rings is 1. The molecule has 3 rings (SSSR count). The molecule has 1 amide bonds. The molecule has 1 aliphatic heterocycles. The van der Waals surface area contributed by atoms with E-state index in [0.717, 1.165) is 34.8 Å². The number of rotatable bonds is 3. The van der Waals surface area contributed by atoms with Crippen LogP contribution in [0.4, 0.5) is 5.82 Å². The van der Waals surface area contributed by atoms with Crippen LogP contribution in [0, 0.1) is 12.8 Å². The minimum atomic E-state index is 0.0614. The lowest BCUT2D eigenvalue weighted by atomic mass is 10.0. The molecule has 6 heteroatoms. The van der Waals surface area contributed by atoms with Crippen LogP contribution >= 0.6 is 11.3 Å². The minimum Gasteiger partial charge on any atom is -0.353 e. The molecule has 21 heavy (non-hydrogen) atoms. The Bertz CT molecular complexity index is 680. The van der Waals surface area contributed by atoms with Gasteiger partial charge in [-0.2, -0.15) is 0 Å². The number of carbonyl (C=O) groups is 1. The molecule has 0 bridgehead atoms. The van der Waals surface area contributed by atoms with Gasteiger partial charge in [0.25, 0.3) is 0 Å². The van der Waals surface area contributed by atoms with Crippen molar-refractivity contribution in [2.24, 2.45) is 5.92 Å². The van der Waals surface area contributed by atoms with E-state index in [1.54, 1.807) is 11.3 Å². The summed E-state index contributed by atoms with van der Waals surface area (Å²) in [5, 5.41) is 6.18. The van der Waals surface area contributed by atoms with E-state index in [1.807, 2.05) is 6.92 Å². The van der Waals surface area contributed by atoms with E-state index in [2.05, 4.69) is 39.4 Å². The van der Waals surface area contributed by atoms with Gasteiger partial charge in [0.1, 0.15) is 16.5 Å². The first-order valence-electron chi connectivity index (χ1n) is 7.31. The van der Waals surface area contributed by atoms with Crippen molar-refractivity contribution < 1.29 is 4.79 Å². The summed E-state index contributed by atoms with van der Waals surface area (Å²) >= 11 is 1.67. The number of nitrogens with zero attached hydrogens (tertiary/aromatic N) is 3. The molecular weight excluding hydrogens is 284 g/mol. The molecule has 1 fully saturated rings. The maximum atomic E-state index is 11.7. The van der Waals surface area contributed by atoms with E-state index in [9.17, 15) is 4.79 Å². The predicted octanol–water partition coefficient (Wildman–Crippen LogP) is 2.13. The molecule has 2 aromatic heterocycles. The van der Waals surface area contributed by atoms with Gasteiger partial charge in [-0.3, -0.25) is 4.79 Å². The number of fused-ring (bicyclic) bond motifs is 1. The summed E-state index contributed by atoms with van der Waals surface area (Å²) in [5.74, 6) is 2.33. The van der Waals surface area contributed by atoms with Crippen LogP contribution in [0.25, 0.3) is 10.2 Å². The molecule has 0 spiro atoms. The van der Waals surface area contributed by atoms with Gasteiger partial charge < -0.3 is 10.2 Å². The standard InChI is InChI=1S/C15H20N4OS/c1-9(2)6-11-8-21-15-13(11)14(17-10(3)18-15)19-5-4-16-12(20)7-19/h8-9H,4-7H2,1-3H3,(H,16,20). The Morgan fingerprint density at radius 1 is 1.43 bits per heavy atom. The maximum absolute atomic E-state index is 11.7. The third-order valence-electron chi connectivity index (χ3n) is 3.57. The smallest absolute Gasteiger partial charge is 0.239 e. The second kappa shape index (κ2) is 5.60. The highest BCUT2D eigenvalue weighted by Crippen LogP contribution is 2.33. The SMILES string of the molecule is Cc1nc(N2CCNC(=O)C2)c2c(CC(C)C)csc2n1. The number of hydrogen-bond acceptors (Lipinski definition) is 5. The highest BCUT2D eigenvalue weighted by Gasteiger charge is 2.22. The zero-order valence-corrected chi connectivity index (χ0v) is 13.5. The van der Waals surface area contributed by atoms with Crippen LogP contribution in [0.1, 0.15) is 25.2 Å². The van der Waals surface area contributed by atoms with Crippen molar-refractivity contribution in [1.82, 2.24) is 15.3 Å². The average molecular weight is 304 g/mol. The van der Waals surface area contributed by atoms with Crippen molar-refractivity contribution in [3.8, 4) is 0 Å². The zero-order chi connectivity index (χ0) is 15.0. The summed E-state index contributed by atoms with van der Waals surface area (Å²) < 4.78 is 0. The summed E-state index contributed by atoms with van der Waals surface area (Å²) in [4.78, 5) is 24.0. The fourth-order valence-electron chi connectivity index (χ4n) is 2.72. The molecule has 0 saturated carbocycles. The first-order valence-corrected chi connectivity index (χ1v) is 8.19. The number of amides is 1. The summed E-state index contributed by atoms with van der Waals surface area (Å²) in [5.41, 5.74) is 1.30. The molecule has 0 unspecified atom stereocenters. The number of hydrogen-bond donors (Lipinski definition) is 1. The summed E-state index contributed by atoms with van der Waals surface area (Å²) in [6.07, 6.45) is 1.01. The lowest BCUT2D eigenvalue weighted by Gasteiger charge is -2.28. The van der Waals surface area contributed by atoms with Gasteiger partial charge in [-0.1, -0.05) is 13.8 Å². The number of carbonyl (C=O) groups excluding carboxylic acids is 1. The molecule has 1 N–H and O–H groups in total. The molecule has 0 aliphatic carbocycles. The Balaban J connectivity index is 2.10. The van der Waals surface area contributed by atoms with Crippen molar-refractivity contribution in [2.45, 2.75) is 27.2 Å². The lowest BCUT2D eigenvalue weighted by molar-refractivity contribution is -0.120. The Labute approximate surface area is 128 Å². The summed E-state index contributed by atoms with van der Waals surface area (Å²) in [6, 6.07) is 0. The molecule has 0 aromatic carbocycles. The highest BCUT2D eigenvalue weighted by molar-refractivity contribution is 7.17. The van der Waals surface area contributed by atoms with Gasteiger partial charge in [0, 0.05) is 13.1 Å². The van der Waals surface area contributed by atoms with Crippen LogP contribution < -0.4 is 10.2 Å². The van der Waals surface area contributed by atoms with Crippen LogP contribution in [-0.2, 0) is 11.2 Å². The molecule has 1 aliphatic rings. The Hall–Kier alpha value is -1.69. The van der Waals surface area contributed by atoms with Gasteiger partial charge in [-0.15, -0.1) is 11.3 Å². The normalized spacial score (nSPS) is 15.8. The van der Waals surface area contributed by atoms with Crippen molar-refractivity contribution in [1.29, 1.82) is 0 Å². The molecule has 2 aromatic rings. The number of aryl methyl sites for hydroxylation is 1. The number of anilines is 1. The first-order chi connectivity index (χ1) is 10.0. The van der Waals surface area contributed by atoms with Crippen LogP contribution in [0.15, 0.2) is 5.38 Å². The second-order valence-electron chi connectivity index (χ2n) is 5.90. The number of thiophene rings is 1. The van der Waals surface area contributed by atoms with Crippen molar-refractivity contribution in [3.63, 3.8) is 0 Å². The highest BCUT2D eigenvalue weighted by atomic mass is 32.1. The van der Waals surface area contributed by atoms with E-state index < -0.39 is 0 Å². The Kier molecular flexibility index (Phi) is 3.80. The largest absolute Gasteiger partial charge is 0.353 e. The van der Waals surface area contributed by atoms with Crippen LogP contribution in [0.2, 0.25) is 0 Å². The Morgan fingerprint density at radius 2 is 2.24 bits per heavy atom. The fourth-order valence-corrected chi connectivity index (χ4v) is 3.72. The van der Waals surface area contributed by atoms with E-state index in [-0.39, 0.29) is 5.91 Å². The van der Waals surface area contributed by atoms with E-state index in [1.165, 1.54) is 5.56 Å². The lowest BCUT2D eigenvalue weighted by Crippen LogP contribution is -2.48. The second-order valence-corrected chi connectivity index (χ2v) is 6.76. The molecule has 5 nitrogen and oxygen atoms in total.